The summed E-state index contributed by atoms with van der Waals surface area (Å²) in [5.41, 5.74) is 1.71. The molecule has 6 nitrogen and oxygen atoms in total. The number of esters is 1. The van der Waals surface area contributed by atoms with Crippen molar-refractivity contribution in [2.45, 2.75) is 38.6 Å². The van der Waals surface area contributed by atoms with Crippen molar-refractivity contribution in [2.75, 3.05) is 26.8 Å². The second kappa shape index (κ2) is 9.44. The second-order valence-corrected chi connectivity index (χ2v) is 6.98. The van der Waals surface area contributed by atoms with Crippen LogP contribution >= 0.6 is 0 Å². The first-order valence-electron chi connectivity index (χ1n) is 9.87. The molecule has 0 unspecified atom stereocenters. The summed E-state index contributed by atoms with van der Waals surface area (Å²) in [5.74, 6) is 0.725. The van der Waals surface area contributed by atoms with Crippen LogP contribution in [0.5, 0.6) is 5.75 Å². The molecule has 0 radical (unpaired) electrons. The Morgan fingerprint density at radius 1 is 1.11 bits per heavy atom. The zero-order chi connectivity index (χ0) is 19.9. The summed E-state index contributed by atoms with van der Waals surface area (Å²) in [7, 11) is 1.39. The molecule has 0 saturated carbocycles. The fourth-order valence-corrected chi connectivity index (χ4v) is 3.71. The zero-order valence-corrected chi connectivity index (χ0v) is 16.6. The van der Waals surface area contributed by atoms with E-state index in [1.54, 1.807) is 6.07 Å². The Bertz CT molecular complexity index is 789. The Morgan fingerprint density at radius 3 is 2.46 bits per heavy atom. The van der Waals surface area contributed by atoms with E-state index in [9.17, 15) is 9.59 Å². The lowest BCUT2D eigenvalue weighted by atomic mass is 10.0. The Balaban J connectivity index is 1.49. The minimum Gasteiger partial charge on any atom is -0.494 e. The summed E-state index contributed by atoms with van der Waals surface area (Å²) >= 11 is 0. The fourth-order valence-electron chi connectivity index (χ4n) is 3.71. The summed E-state index contributed by atoms with van der Waals surface area (Å²) in [4.78, 5) is 26.4. The molecule has 0 bridgehead atoms. The van der Waals surface area contributed by atoms with Gasteiger partial charge in [-0.3, -0.25) is 4.79 Å². The van der Waals surface area contributed by atoms with Crippen molar-refractivity contribution in [2.24, 2.45) is 0 Å². The largest absolute Gasteiger partial charge is 0.494 e. The highest BCUT2D eigenvalue weighted by Crippen LogP contribution is 2.25. The van der Waals surface area contributed by atoms with E-state index in [1.165, 1.54) is 7.11 Å². The SMILES string of the molecule is CCOc1ccc(CCC(=O)N2CCC(n3cccc3C(=O)OC)CC2)cc1. The molecule has 1 saturated heterocycles. The normalized spacial score (nSPS) is 14.7. The number of likely N-dealkylation sites (tertiary alicyclic amines) is 1. The first-order valence-corrected chi connectivity index (χ1v) is 9.87. The minimum absolute atomic E-state index is 0.188. The lowest BCUT2D eigenvalue weighted by molar-refractivity contribution is -0.132. The van der Waals surface area contributed by atoms with Gasteiger partial charge in [-0.05, 0) is 56.0 Å². The van der Waals surface area contributed by atoms with Gasteiger partial charge in [0.15, 0.2) is 0 Å². The maximum atomic E-state index is 12.6. The van der Waals surface area contributed by atoms with Gasteiger partial charge in [-0.1, -0.05) is 12.1 Å². The minimum atomic E-state index is -0.320. The Kier molecular flexibility index (Phi) is 6.74. The van der Waals surface area contributed by atoms with Crippen molar-refractivity contribution in [3.63, 3.8) is 0 Å². The molecule has 0 aliphatic carbocycles. The van der Waals surface area contributed by atoms with Gasteiger partial charge in [0.05, 0.1) is 13.7 Å². The number of rotatable bonds is 7. The van der Waals surface area contributed by atoms with E-state index < -0.39 is 0 Å². The lowest BCUT2D eigenvalue weighted by Gasteiger charge is -2.33. The third-order valence-electron chi connectivity index (χ3n) is 5.25. The van der Waals surface area contributed by atoms with Gasteiger partial charge in [-0.2, -0.15) is 0 Å². The number of nitrogens with zero attached hydrogens (tertiary/aromatic N) is 2. The van der Waals surface area contributed by atoms with E-state index >= 15 is 0 Å². The van der Waals surface area contributed by atoms with Crippen LogP contribution in [0.4, 0.5) is 0 Å². The van der Waals surface area contributed by atoms with E-state index in [4.69, 9.17) is 9.47 Å². The van der Waals surface area contributed by atoms with Crippen LogP contribution in [0.1, 0.15) is 48.3 Å². The molecular formula is C22H28N2O4. The summed E-state index contributed by atoms with van der Waals surface area (Å²) in [5, 5.41) is 0. The number of hydrogen-bond acceptors (Lipinski definition) is 4. The zero-order valence-electron chi connectivity index (χ0n) is 16.6. The molecule has 150 valence electrons. The number of benzene rings is 1. The highest BCUT2D eigenvalue weighted by molar-refractivity contribution is 5.87. The highest BCUT2D eigenvalue weighted by Gasteiger charge is 2.25. The molecule has 28 heavy (non-hydrogen) atoms. The molecule has 0 atom stereocenters. The lowest BCUT2D eigenvalue weighted by Crippen LogP contribution is -2.39. The molecule has 2 aromatic rings. The van der Waals surface area contributed by atoms with Gasteiger partial charge in [0.2, 0.25) is 5.91 Å². The molecule has 1 aliphatic heterocycles. The first kappa shape index (κ1) is 20.0. The smallest absolute Gasteiger partial charge is 0.354 e. The molecule has 1 aliphatic rings. The maximum Gasteiger partial charge on any atom is 0.354 e. The molecule has 1 aromatic carbocycles. The third-order valence-corrected chi connectivity index (χ3v) is 5.25. The van der Waals surface area contributed by atoms with Gasteiger partial charge in [0, 0.05) is 31.7 Å². The van der Waals surface area contributed by atoms with Crippen LogP contribution in [0.15, 0.2) is 42.6 Å². The van der Waals surface area contributed by atoms with Crippen molar-refractivity contribution in [1.29, 1.82) is 0 Å². The standard InChI is InChI=1S/C22H28N2O4/c1-3-28-19-9-6-17(7-10-19)8-11-21(25)23-15-12-18(13-16-23)24-14-4-5-20(24)22(26)27-2/h4-7,9-10,14,18H,3,8,11-13,15-16H2,1-2H3. The van der Waals surface area contributed by atoms with Crippen molar-refractivity contribution in [3.8, 4) is 5.75 Å². The number of hydrogen-bond donors (Lipinski definition) is 0. The number of piperidine rings is 1. The Labute approximate surface area is 166 Å². The van der Waals surface area contributed by atoms with E-state index in [1.807, 2.05) is 52.9 Å². The molecule has 1 aromatic heterocycles. The third kappa shape index (κ3) is 4.74. The molecular weight excluding hydrogens is 356 g/mol. The van der Waals surface area contributed by atoms with Crippen LogP contribution in [0.25, 0.3) is 0 Å². The average molecular weight is 384 g/mol. The number of carbonyl (C=O) groups is 2. The Morgan fingerprint density at radius 2 is 1.82 bits per heavy atom. The molecule has 1 fully saturated rings. The number of aryl methyl sites for hydroxylation is 1. The molecule has 0 spiro atoms. The number of aromatic nitrogens is 1. The first-order chi connectivity index (χ1) is 13.6. The van der Waals surface area contributed by atoms with Crippen LogP contribution in [-0.4, -0.2) is 48.1 Å². The van der Waals surface area contributed by atoms with E-state index in [0.717, 1.165) is 30.6 Å². The van der Waals surface area contributed by atoms with Crippen LogP contribution in [0.2, 0.25) is 0 Å². The second-order valence-electron chi connectivity index (χ2n) is 6.98. The van der Waals surface area contributed by atoms with Crippen LogP contribution in [0.3, 0.4) is 0 Å². The molecule has 1 amide bonds. The summed E-state index contributed by atoms with van der Waals surface area (Å²) in [6, 6.07) is 11.8. The van der Waals surface area contributed by atoms with Gasteiger partial charge in [-0.25, -0.2) is 4.79 Å². The van der Waals surface area contributed by atoms with Crippen LogP contribution < -0.4 is 4.74 Å². The molecule has 0 N–H and O–H groups in total. The number of amides is 1. The van der Waals surface area contributed by atoms with E-state index in [-0.39, 0.29) is 17.9 Å². The Hall–Kier alpha value is -2.76. The quantitative estimate of drug-likeness (QED) is 0.686. The van der Waals surface area contributed by atoms with Gasteiger partial charge >= 0.3 is 5.97 Å². The van der Waals surface area contributed by atoms with Gasteiger partial charge in [0.1, 0.15) is 11.4 Å². The van der Waals surface area contributed by atoms with Gasteiger partial charge in [-0.15, -0.1) is 0 Å². The van der Waals surface area contributed by atoms with E-state index in [0.29, 0.717) is 31.8 Å². The molecule has 2 heterocycles. The van der Waals surface area contributed by atoms with Crippen molar-refractivity contribution in [1.82, 2.24) is 9.47 Å². The maximum absolute atomic E-state index is 12.6. The summed E-state index contributed by atoms with van der Waals surface area (Å²) < 4.78 is 12.3. The van der Waals surface area contributed by atoms with Crippen LogP contribution in [-0.2, 0) is 16.0 Å². The van der Waals surface area contributed by atoms with Gasteiger partial charge < -0.3 is 18.9 Å². The monoisotopic (exact) mass is 384 g/mol. The van der Waals surface area contributed by atoms with Crippen molar-refractivity contribution < 1.29 is 19.1 Å². The summed E-state index contributed by atoms with van der Waals surface area (Å²) in [6.45, 7) is 4.04. The molecule has 3 rings (SSSR count). The van der Waals surface area contributed by atoms with Crippen molar-refractivity contribution in [3.05, 3.63) is 53.9 Å². The number of ether oxygens (including phenoxy) is 2. The highest BCUT2D eigenvalue weighted by atomic mass is 16.5. The van der Waals surface area contributed by atoms with Crippen molar-refractivity contribution >= 4 is 11.9 Å². The number of carbonyl (C=O) groups excluding carboxylic acids is 2. The predicted molar refractivity (Wildman–Crippen MR) is 107 cm³/mol. The average Bonchev–Trinajstić information content (AvgIpc) is 3.23. The predicted octanol–water partition coefficient (Wildman–Crippen LogP) is 3.47. The summed E-state index contributed by atoms with van der Waals surface area (Å²) in [6.07, 6.45) is 4.84. The van der Waals surface area contributed by atoms with Crippen LogP contribution in [0, 0.1) is 0 Å². The van der Waals surface area contributed by atoms with Gasteiger partial charge in [0.25, 0.3) is 0 Å². The number of methoxy groups -OCH3 is 1. The topological polar surface area (TPSA) is 60.8 Å². The van der Waals surface area contributed by atoms with E-state index in [2.05, 4.69) is 0 Å². The fraction of sp³-hybridized carbons (Fsp3) is 0.455. The molecule has 6 heteroatoms.